The van der Waals surface area contributed by atoms with Crippen molar-refractivity contribution in [2.75, 3.05) is 6.54 Å². The van der Waals surface area contributed by atoms with Gasteiger partial charge in [0.05, 0.1) is 6.54 Å². The fourth-order valence-electron chi connectivity index (χ4n) is 9.10. The van der Waals surface area contributed by atoms with E-state index < -0.39 is 5.91 Å². The first-order chi connectivity index (χ1) is 14.3. The molecule has 0 spiro atoms. The number of carbonyl (C=O) groups is 2. The lowest BCUT2D eigenvalue weighted by Crippen LogP contribution is -2.53. The van der Waals surface area contributed by atoms with Crippen LogP contribution in [0.1, 0.15) is 97.8 Å². The monoisotopic (exact) mass is 416 g/mol. The summed E-state index contributed by atoms with van der Waals surface area (Å²) >= 11 is 0. The molecule has 3 unspecified atom stereocenters. The minimum Gasteiger partial charge on any atom is -0.368 e. The molecular formula is C26H44N2O2. The van der Waals surface area contributed by atoms with E-state index in [0.717, 1.165) is 36.0 Å². The van der Waals surface area contributed by atoms with Crippen molar-refractivity contribution in [1.29, 1.82) is 0 Å². The molecule has 30 heavy (non-hydrogen) atoms. The van der Waals surface area contributed by atoms with E-state index in [1.807, 2.05) is 0 Å². The fraction of sp³-hybridized carbons (Fsp3) is 0.923. The molecule has 0 heterocycles. The predicted octanol–water partition coefficient (Wildman–Crippen LogP) is 5.05. The predicted molar refractivity (Wildman–Crippen MR) is 120 cm³/mol. The molecule has 4 aliphatic carbocycles. The molecular weight excluding hydrogens is 372 g/mol. The van der Waals surface area contributed by atoms with Crippen molar-refractivity contribution in [3.8, 4) is 0 Å². The van der Waals surface area contributed by atoms with Crippen molar-refractivity contribution < 1.29 is 9.59 Å². The number of hydrogen-bond donors (Lipinski definition) is 2. The number of nitrogens with one attached hydrogen (secondary N) is 1. The quantitative estimate of drug-likeness (QED) is 0.636. The Morgan fingerprint density at radius 2 is 1.73 bits per heavy atom. The lowest BCUT2D eigenvalue weighted by atomic mass is 9.44. The average Bonchev–Trinajstić information content (AvgIpc) is 3.07. The smallest absolute Gasteiger partial charge is 0.236 e. The van der Waals surface area contributed by atoms with Crippen LogP contribution in [0.2, 0.25) is 0 Å². The van der Waals surface area contributed by atoms with Crippen molar-refractivity contribution in [2.45, 2.75) is 97.8 Å². The Kier molecular flexibility index (Phi) is 6.25. The molecule has 4 heteroatoms. The molecule has 3 N–H and O–H groups in total. The van der Waals surface area contributed by atoms with E-state index in [-0.39, 0.29) is 12.5 Å². The summed E-state index contributed by atoms with van der Waals surface area (Å²) in [5.41, 5.74) is 6.21. The summed E-state index contributed by atoms with van der Waals surface area (Å²) in [6.07, 6.45) is 15.8. The van der Waals surface area contributed by atoms with Crippen LogP contribution >= 0.6 is 0 Å². The van der Waals surface area contributed by atoms with Gasteiger partial charge in [0.25, 0.3) is 0 Å². The summed E-state index contributed by atoms with van der Waals surface area (Å²) in [4.78, 5) is 23.0. The lowest BCUT2D eigenvalue weighted by Gasteiger charge is -2.61. The Bertz CT molecular complexity index is 663. The third-order valence-corrected chi connectivity index (χ3v) is 10.6. The molecule has 0 radical (unpaired) electrons. The van der Waals surface area contributed by atoms with Gasteiger partial charge in [0.2, 0.25) is 11.8 Å². The maximum atomic E-state index is 12.1. The van der Waals surface area contributed by atoms with E-state index in [1.165, 1.54) is 64.2 Å². The third kappa shape index (κ3) is 3.81. The van der Waals surface area contributed by atoms with Gasteiger partial charge in [-0.1, -0.05) is 33.6 Å². The summed E-state index contributed by atoms with van der Waals surface area (Å²) in [5, 5.41) is 2.65. The molecule has 0 saturated heterocycles. The zero-order valence-electron chi connectivity index (χ0n) is 19.6. The highest BCUT2D eigenvalue weighted by Gasteiger charge is 2.60. The first-order valence-corrected chi connectivity index (χ1v) is 12.8. The number of rotatable bonds is 6. The molecule has 4 saturated carbocycles. The largest absolute Gasteiger partial charge is 0.368 e. The third-order valence-electron chi connectivity index (χ3n) is 10.6. The molecule has 0 aromatic carbocycles. The van der Waals surface area contributed by atoms with Crippen molar-refractivity contribution in [3.63, 3.8) is 0 Å². The number of primary amides is 1. The Labute approximate surface area is 183 Å². The minimum atomic E-state index is -0.472. The summed E-state index contributed by atoms with van der Waals surface area (Å²) < 4.78 is 0. The van der Waals surface area contributed by atoms with Crippen LogP contribution in [-0.4, -0.2) is 18.4 Å². The first kappa shape index (κ1) is 22.1. The average molecular weight is 417 g/mol. The second-order valence-corrected chi connectivity index (χ2v) is 11.9. The Hall–Kier alpha value is -1.06. The van der Waals surface area contributed by atoms with Gasteiger partial charge in [0, 0.05) is 6.42 Å². The zero-order valence-corrected chi connectivity index (χ0v) is 19.6. The summed E-state index contributed by atoms with van der Waals surface area (Å²) in [5.74, 6) is 4.59. The maximum Gasteiger partial charge on any atom is 0.236 e. The van der Waals surface area contributed by atoms with Crippen molar-refractivity contribution in [1.82, 2.24) is 5.32 Å². The molecule has 0 aliphatic heterocycles. The van der Waals surface area contributed by atoms with Crippen molar-refractivity contribution >= 4 is 11.8 Å². The summed E-state index contributed by atoms with van der Waals surface area (Å²) in [6.45, 7) is 7.59. The number of amides is 2. The van der Waals surface area contributed by atoms with Crippen LogP contribution in [0.25, 0.3) is 0 Å². The van der Waals surface area contributed by atoms with E-state index in [4.69, 9.17) is 5.73 Å². The SMILES string of the molecule is C[C@H](CCC(=O)NCC(N)=O)[C@H]1CCC2C3CC[C@@H]4CCCC[C@]4(C)C3CC[C@@]21C. The van der Waals surface area contributed by atoms with Crippen LogP contribution in [0.3, 0.4) is 0 Å². The van der Waals surface area contributed by atoms with Gasteiger partial charge in [-0.2, -0.15) is 0 Å². The molecule has 4 fully saturated rings. The van der Waals surface area contributed by atoms with Gasteiger partial charge >= 0.3 is 0 Å². The van der Waals surface area contributed by atoms with Gasteiger partial charge in [-0.15, -0.1) is 0 Å². The van der Waals surface area contributed by atoms with Gasteiger partial charge in [0.15, 0.2) is 0 Å². The van der Waals surface area contributed by atoms with Crippen LogP contribution in [0.4, 0.5) is 0 Å². The van der Waals surface area contributed by atoms with Crippen LogP contribution in [-0.2, 0) is 9.59 Å². The van der Waals surface area contributed by atoms with Gasteiger partial charge in [-0.25, -0.2) is 0 Å². The molecule has 170 valence electrons. The van der Waals surface area contributed by atoms with E-state index in [9.17, 15) is 9.59 Å². The fourth-order valence-corrected chi connectivity index (χ4v) is 9.10. The van der Waals surface area contributed by atoms with E-state index in [0.29, 0.717) is 23.2 Å². The lowest BCUT2D eigenvalue weighted by molar-refractivity contribution is -0.125. The minimum absolute atomic E-state index is 0.0346. The van der Waals surface area contributed by atoms with E-state index in [2.05, 4.69) is 26.1 Å². The zero-order chi connectivity index (χ0) is 21.5. The molecule has 4 aliphatic rings. The van der Waals surface area contributed by atoms with E-state index >= 15 is 0 Å². The molecule has 0 aromatic heterocycles. The van der Waals surface area contributed by atoms with Crippen molar-refractivity contribution in [3.05, 3.63) is 0 Å². The van der Waals surface area contributed by atoms with Gasteiger partial charge < -0.3 is 11.1 Å². The Morgan fingerprint density at radius 3 is 2.50 bits per heavy atom. The highest BCUT2D eigenvalue weighted by atomic mass is 16.2. The van der Waals surface area contributed by atoms with Gasteiger partial charge in [-0.3, -0.25) is 9.59 Å². The number of hydrogen-bond acceptors (Lipinski definition) is 2. The first-order valence-electron chi connectivity index (χ1n) is 12.8. The van der Waals surface area contributed by atoms with Crippen LogP contribution in [0.5, 0.6) is 0 Å². The number of nitrogens with two attached hydrogens (primary N) is 1. The highest BCUT2D eigenvalue weighted by Crippen LogP contribution is 2.68. The standard InChI is InChI=1S/C26H44N2O2/c1-17(7-12-24(30)28-16-23(27)29)20-10-11-21-19-9-8-18-6-4-5-14-25(18,2)22(19)13-15-26(20,21)3/h17-22H,4-16H2,1-3H3,(H2,27,29)(H,28,30)/t17-,18+,19?,20-,21?,22?,25+,26-/m1/s1. The normalized spacial score (nSPS) is 43.8. The second kappa shape index (κ2) is 8.47. The molecule has 8 atom stereocenters. The van der Waals surface area contributed by atoms with Crippen molar-refractivity contribution in [2.24, 2.45) is 52.1 Å². The topological polar surface area (TPSA) is 72.2 Å². The number of fused-ring (bicyclic) bond motifs is 5. The van der Waals surface area contributed by atoms with Gasteiger partial charge in [0.1, 0.15) is 0 Å². The maximum absolute atomic E-state index is 12.1. The highest BCUT2D eigenvalue weighted by molar-refractivity contribution is 5.83. The Balaban J connectivity index is 1.40. The molecule has 2 amide bonds. The number of carbonyl (C=O) groups excluding carboxylic acids is 2. The van der Waals surface area contributed by atoms with Crippen LogP contribution in [0, 0.1) is 46.3 Å². The molecule has 4 nitrogen and oxygen atoms in total. The van der Waals surface area contributed by atoms with Crippen LogP contribution < -0.4 is 11.1 Å². The van der Waals surface area contributed by atoms with E-state index in [1.54, 1.807) is 0 Å². The molecule has 0 aromatic rings. The summed E-state index contributed by atoms with van der Waals surface area (Å²) in [7, 11) is 0. The summed E-state index contributed by atoms with van der Waals surface area (Å²) in [6, 6.07) is 0. The van der Waals surface area contributed by atoms with Gasteiger partial charge in [-0.05, 0) is 104 Å². The molecule has 0 bridgehead atoms. The second-order valence-electron chi connectivity index (χ2n) is 11.9. The van der Waals surface area contributed by atoms with Crippen LogP contribution in [0.15, 0.2) is 0 Å². The molecule has 4 rings (SSSR count). The Morgan fingerprint density at radius 1 is 0.967 bits per heavy atom.